The lowest BCUT2D eigenvalue weighted by Crippen LogP contribution is -2.18. The van der Waals surface area contributed by atoms with E-state index in [-0.39, 0.29) is 11.0 Å². The number of nitrogens with zero attached hydrogens (tertiary/aromatic N) is 1. The minimum Gasteiger partial charge on any atom is -0.489 e. The SMILES string of the molecule is CC(C)Oc1ccc(/C=N/NS(=O)(=O)c2ccccc2)cc1Cl. The largest absolute Gasteiger partial charge is 0.489 e. The van der Waals surface area contributed by atoms with E-state index in [0.717, 1.165) is 0 Å². The van der Waals surface area contributed by atoms with Gasteiger partial charge in [0.1, 0.15) is 5.75 Å². The van der Waals surface area contributed by atoms with Gasteiger partial charge in [0.25, 0.3) is 10.0 Å². The molecular formula is C16H17ClN2O3S. The van der Waals surface area contributed by atoms with Crippen LogP contribution in [0.5, 0.6) is 5.75 Å². The zero-order valence-corrected chi connectivity index (χ0v) is 14.3. The molecule has 5 nitrogen and oxygen atoms in total. The summed E-state index contributed by atoms with van der Waals surface area (Å²) in [6.45, 7) is 3.81. The smallest absolute Gasteiger partial charge is 0.276 e. The van der Waals surface area contributed by atoms with Gasteiger partial charge in [-0.15, -0.1) is 0 Å². The molecule has 1 N–H and O–H groups in total. The molecule has 0 aliphatic rings. The number of sulfonamides is 1. The van der Waals surface area contributed by atoms with Crippen LogP contribution in [-0.4, -0.2) is 20.7 Å². The minimum absolute atomic E-state index is 0.0182. The highest BCUT2D eigenvalue weighted by Crippen LogP contribution is 2.25. The van der Waals surface area contributed by atoms with Crippen LogP contribution in [0.3, 0.4) is 0 Å². The van der Waals surface area contributed by atoms with E-state index in [1.54, 1.807) is 36.4 Å². The molecule has 2 aromatic rings. The Hall–Kier alpha value is -2.05. The Balaban J connectivity index is 2.08. The zero-order valence-electron chi connectivity index (χ0n) is 12.7. The van der Waals surface area contributed by atoms with Crippen LogP contribution in [-0.2, 0) is 10.0 Å². The van der Waals surface area contributed by atoms with Gasteiger partial charge in [0.15, 0.2) is 0 Å². The Kier molecular flexibility index (Phi) is 5.63. The summed E-state index contributed by atoms with van der Waals surface area (Å²) >= 11 is 6.11. The van der Waals surface area contributed by atoms with Gasteiger partial charge in [-0.05, 0) is 49.7 Å². The fourth-order valence-corrected chi connectivity index (χ4v) is 2.82. The van der Waals surface area contributed by atoms with Crippen molar-refractivity contribution in [2.24, 2.45) is 5.10 Å². The first-order chi connectivity index (χ1) is 10.9. The highest BCUT2D eigenvalue weighted by molar-refractivity contribution is 7.89. The molecule has 0 aliphatic carbocycles. The molecule has 0 bridgehead atoms. The van der Waals surface area contributed by atoms with E-state index in [9.17, 15) is 8.42 Å². The van der Waals surface area contributed by atoms with Crippen molar-refractivity contribution in [2.75, 3.05) is 0 Å². The molecule has 2 aromatic carbocycles. The first-order valence-corrected chi connectivity index (χ1v) is 8.81. The molecule has 0 unspecified atom stereocenters. The van der Waals surface area contributed by atoms with E-state index < -0.39 is 10.0 Å². The van der Waals surface area contributed by atoms with E-state index in [2.05, 4.69) is 9.93 Å². The lowest BCUT2D eigenvalue weighted by molar-refractivity contribution is 0.242. The molecule has 2 rings (SSSR count). The number of hydrazone groups is 1. The Morgan fingerprint density at radius 2 is 1.87 bits per heavy atom. The van der Waals surface area contributed by atoms with Crippen molar-refractivity contribution < 1.29 is 13.2 Å². The molecule has 0 saturated heterocycles. The van der Waals surface area contributed by atoms with Crippen LogP contribution in [0.15, 0.2) is 58.5 Å². The van der Waals surface area contributed by atoms with E-state index in [4.69, 9.17) is 16.3 Å². The average Bonchev–Trinajstić information content (AvgIpc) is 2.50. The number of hydrogen-bond acceptors (Lipinski definition) is 4. The molecule has 7 heteroatoms. The number of benzene rings is 2. The van der Waals surface area contributed by atoms with Crippen LogP contribution in [0.4, 0.5) is 0 Å². The first kappa shape index (κ1) is 17.3. The first-order valence-electron chi connectivity index (χ1n) is 6.94. The van der Waals surface area contributed by atoms with Crippen LogP contribution < -0.4 is 9.57 Å². The molecule has 0 heterocycles. The number of ether oxygens (including phenoxy) is 1. The van der Waals surface area contributed by atoms with Gasteiger partial charge in [0, 0.05) is 0 Å². The van der Waals surface area contributed by atoms with Gasteiger partial charge in [0.05, 0.1) is 22.2 Å². The number of hydrogen-bond donors (Lipinski definition) is 1. The molecule has 0 saturated carbocycles. The third-order valence-corrected chi connectivity index (χ3v) is 4.29. The average molecular weight is 353 g/mol. The van der Waals surface area contributed by atoms with Crippen molar-refractivity contribution in [1.82, 2.24) is 4.83 Å². The summed E-state index contributed by atoms with van der Waals surface area (Å²) in [5, 5.41) is 4.20. The van der Waals surface area contributed by atoms with E-state index in [1.165, 1.54) is 18.3 Å². The third-order valence-electron chi connectivity index (χ3n) is 2.76. The van der Waals surface area contributed by atoms with Crippen molar-refractivity contribution in [3.63, 3.8) is 0 Å². The standard InChI is InChI=1S/C16H17ClN2O3S/c1-12(2)22-16-9-8-13(10-15(16)17)11-18-19-23(20,21)14-6-4-3-5-7-14/h3-12,19H,1-2H3/b18-11+. The summed E-state index contributed by atoms with van der Waals surface area (Å²) in [5.74, 6) is 0.573. The summed E-state index contributed by atoms with van der Waals surface area (Å²) in [4.78, 5) is 2.31. The molecule has 0 aromatic heterocycles. The highest BCUT2D eigenvalue weighted by Gasteiger charge is 2.11. The lowest BCUT2D eigenvalue weighted by Gasteiger charge is -2.11. The maximum atomic E-state index is 12.0. The monoisotopic (exact) mass is 352 g/mol. The van der Waals surface area contributed by atoms with E-state index in [1.807, 2.05) is 13.8 Å². The summed E-state index contributed by atoms with van der Waals surface area (Å²) < 4.78 is 29.5. The summed E-state index contributed by atoms with van der Waals surface area (Å²) in [7, 11) is -3.67. The number of halogens is 1. The van der Waals surface area contributed by atoms with Gasteiger partial charge >= 0.3 is 0 Å². The van der Waals surface area contributed by atoms with Gasteiger partial charge in [-0.1, -0.05) is 29.8 Å². The highest BCUT2D eigenvalue weighted by atomic mass is 35.5. The Morgan fingerprint density at radius 1 is 1.17 bits per heavy atom. The predicted molar refractivity (Wildman–Crippen MR) is 91.6 cm³/mol. The number of rotatable bonds is 6. The second-order valence-corrected chi connectivity index (χ2v) is 7.09. The fraction of sp³-hybridized carbons (Fsp3) is 0.188. The van der Waals surface area contributed by atoms with E-state index in [0.29, 0.717) is 16.3 Å². The molecule has 0 radical (unpaired) electrons. The lowest BCUT2D eigenvalue weighted by atomic mass is 10.2. The zero-order chi connectivity index (χ0) is 16.9. The Morgan fingerprint density at radius 3 is 2.48 bits per heavy atom. The van der Waals surface area contributed by atoms with Crippen molar-refractivity contribution in [2.45, 2.75) is 24.8 Å². The third kappa shape index (κ3) is 4.97. The van der Waals surface area contributed by atoms with Crippen LogP contribution in [0.1, 0.15) is 19.4 Å². The Bertz CT molecular complexity index is 790. The molecule has 0 aliphatic heterocycles. The molecule has 122 valence electrons. The molecule has 0 atom stereocenters. The van der Waals surface area contributed by atoms with Gasteiger partial charge in [-0.2, -0.15) is 13.5 Å². The molecular weight excluding hydrogens is 336 g/mol. The van der Waals surface area contributed by atoms with Crippen molar-refractivity contribution >= 4 is 27.8 Å². The van der Waals surface area contributed by atoms with Crippen molar-refractivity contribution in [3.8, 4) is 5.75 Å². The van der Waals surface area contributed by atoms with Gasteiger partial charge < -0.3 is 4.74 Å². The van der Waals surface area contributed by atoms with Crippen molar-refractivity contribution in [3.05, 3.63) is 59.1 Å². The van der Waals surface area contributed by atoms with Crippen LogP contribution in [0.25, 0.3) is 0 Å². The maximum Gasteiger partial charge on any atom is 0.276 e. The normalized spacial score (nSPS) is 11.8. The summed E-state index contributed by atoms with van der Waals surface area (Å²) in [6.07, 6.45) is 1.40. The van der Waals surface area contributed by atoms with E-state index >= 15 is 0 Å². The minimum atomic E-state index is -3.67. The summed E-state index contributed by atoms with van der Waals surface area (Å²) in [5.41, 5.74) is 0.655. The molecule has 0 spiro atoms. The predicted octanol–water partition coefficient (Wildman–Crippen LogP) is 3.44. The fourth-order valence-electron chi connectivity index (χ4n) is 1.77. The quantitative estimate of drug-likeness (QED) is 0.639. The maximum absolute atomic E-state index is 12.0. The second kappa shape index (κ2) is 7.48. The van der Waals surface area contributed by atoms with Gasteiger partial charge in [-0.3, -0.25) is 0 Å². The van der Waals surface area contributed by atoms with Crippen LogP contribution in [0, 0.1) is 0 Å². The Labute approximate surface area is 141 Å². The van der Waals surface area contributed by atoms with Crippen LogP contribution in [0.2, 0.25) is 5.02 Å². The van der Waals surface area contributed by atoms with Gasteiger partial charge in [0.2, 0.25) is 0 Å². The van der Waals surface area contributed by atoms with Crippen LogP contribution >= 0.6 is 11.6 Å². The topological polar surface area (TPSA) is 67.8 Å². The molecule has 0 amide bonds. The van der Waals surface area contributed by atoms with Gasteiger partial charge in [-0.25, -0.2) is 4.83 Å². The summed E-state index contributed by atoms with van der Waals surface area (Å²) in [6, 6.07) is 13.1. The molecule has 23 heavy (non-hydrogen) atoms. The second-order valence-electron chi connectivity index (χ2n) is 5.02. The number of nitrogens with one attached hydrogen (secondary N) is 1. The van der Waals surface area contributed by atoms with Crippen molar-refractivity contribution in [1.29, 1.82) is 0 Å². The molecule has 0 fully saturated rings.